The SMILES string of the molecule is COc1cc(Cl)ccc1C(C)(C)CC(O)(CNc1cccc2nc(NC=O)ccc12)C(F)(F)F. The molecule has 0 fully saturated rings. The molecular weight excluding hydrogens is 471 g/mol. The predicted molar refractivity (Wildman–Crippen MR) is 127 cm³/mol. The minimum Gasteiger partial charge on any atom is -0.496 e. The number of fused-ring (bicyclic) bond motifs is 1. The molecule has 0 radical (unpaired) electrons. The van der Waals surface area contributed by atoms with Crippen molar-refractivity contribution in [3.8, 4) is 5.75 Å². The quantitative estimate of drug-likeness (QED) is 0.339. The van der Waals surface area contributed by atoms with Crippen LogP contribution in [-0.4, -0.2) is 41.9 Å². The molecule has 0 saturated carbocycles. The van der Waals surface area contributed by atoms with Gasteiger partial charge in [-0.1, -0.05) is 37.6 Å². The van der Waals surface area contributed by atoms with Gasteiger partial charge in [-0.2, -0.15) is 13.2 Å². The molecule has 1 heterocycles. The van der Waals surface area contributed by atoms with Gasteiger partial charge in [0.15, 0.2) is 5.60 Å². The van der Waals surface area contributed by atoms with Crippen LogP contribution >= 0.6 is 11.6 Å². The van der Waals surface area contributed by atoms with E-state index in [0.717, 1.165) is 0 Å². The van der Waals surface area contributed by atoms with Crippen molar-refractivity contribution in [2.45, 2.75) is 37.5 Å². The van der Waals surface area contributed by atoms with Gasteiger partial charge in [-0.25, -0.2) is 4.98 Å². The molecule has 2 aromatic carbocycles. The highest BCUT2D eigenvalue weighted by atomic mass is 35.5. The zero-order valence-electron chi connectivity index (χ0n) is 18.8. The van der Waals surface area contributed by atoms with Gasteiger partial charge < -0.3 is 20.5 Å². The first-order valence-corrected chi connectivity index (χ1v) is 10.7. The monoisotopic (exact) mass is 495 g/mol. The molecule has 6 nitrogen and oxygen atoms in total. The normalized spacial score (nSPS) is 13.9. The van der Waals surface area contributed by atoms with Gasteiger partial charge in [0.25, 0.3) is 0 Å². The van der Waals surface area contributed by atoms with E-state index in [2.05, 4.69) is 15.6 Å². The summed E-state index contributed by atoms with van der Waals surface area (Å²) in [6.45, 7) is 2.43. The molecule has 0 aliphatic heterocycles. The lowest BCUT2D eigenvalue weighted by Gasteiger charge is -2.38. The van der Waals surface area contributed by atoms with E-state index in [1.165, 1.54) is 19.2 Å². The van der Waals surface area contributed by atoms with Crippen molar-refractivity contribution in [2.75, 3.05) is 24.3 Å². The van der Waals surface area contributed by atoms with Crippen molar-refractivity contribution in [1.82, 2.24) is 4.98 Å². The second-order valence-corrected chi connectivity index (χ2v) is 9.06. The first kappa shape index (κ1) is 25.6. The maximum atomic E-state index is 14.2. The summed E-state index contributed by atoms with van der Waals surface area (Å²) in [5.41, 5.74) is -2.84. The van der Waals surface area contributed by atoms with Crippen LogP contribution in [0.3, 0.4) is 0 Å². The lowest BCUT2D eigenvalue weighted by atomic mass is 9.74. The molecule has 10 heteroatoms. The number of rotatable bonds is 9. The molecule has 182 valence electrons. The van der Waals surface area contributed by atoms with Crippen LogP contribution in [-0.2, 0) is 10.2 Å². The van der Waals surface area contributed by atoms with Crippen LogP contribution in [0.15, 0.2) is 48.5 Å². The number of hydrogen-bond donors (Lipinski definition) is 3. The Balaban J connectivity index is 1.91. The van der Waals surface area contributed by atoms with Crippen molar-refractivity contribution in [3.63, 3.8) is 0 Å². The zero-order chi connectivity index (χ0) is 25.1. The average molecular weight is 496 g/mol. The third-order valence-electron chi connectivity index (χ3n) is 5.66. The molecule has 1 amide bonds. The number of pyridine rings is 1. The Kier molecular flexibility index (Phi) is 7.28. The van der Waals surface area contributed by atoms with E-state index in [0.29, 0.717) is 45.2 Å². The van der Waals surface area contributed by atoms with Gasteiger partial charge in [0.2, 0.25) is 6.41 Å². The van der Waals surface area contributed by atoms with Crippen LogP contribution in [0.2, 0.25) is 5.02 Å². The van der Waals surface area contributed by atoms with E-state index in [1.807, 2.05) is 0 Å². The van der Waals surface area contributed by atoms with Gasteiger partial charge in [0.05, 0.1) is 19.2 Å². The first-order chi connectivity index (χ1) is 15.9. The molecule has 3 rings (SSSR count). The van der Waals surface area contributed by atoms with Crippen LogP contribution in [0.5, 0.6) is 5.75 Å². The molecule has 1 unspecified atom stereocenters. The van der Waals surface area contributed by atoms with Crippen molar-refractivity contribution in [1.29, 1.82) is 0 Å². The van der Waals surface area contributed by atoms with Crippen LogP contribution in [0.25, 0.3) is 10.9 Å². The molecule has 3 N–H and O–H groups in total. The lowest BCUT2D eigenvalue weighted by molar-refractivity contribution is -0.260. The maximum Gasteiger partial charge on any atom is 0.418 e. The maximum absolute atomic E-state index is 14.2. The number of hydrogen-bond acceptors (Lipinski definition) is 5. The van der Waals surface area contributed by atoms with E-state index < -0.39 is 30.2 Å². The number of aliphatic hydroxyl groups is 1. The van der Waals surface area contributed by atoms with Crippen molar-refractivity contribution in [3.05, 3.63) is 59.1 Å². The number of anilines is 2. The first-order valence-electron chi connectivity index (χ1n) is 10.4. The number of ether oxygens (including phenoxy) is 1. The Bertz CT molecular complexity index is 1190. The Hall–Kier alpha value is -3.04. The molecule has 34 heavy (non-hydrogen) atoms. The number of carbonyl (C=O) groups excluding carboxylic acids is 1. The highest BCUT2D eigenvalue weighted by Gasteiger charge is 2.56. The van der Waals surface area contributed by atoms with Gasteiger partial charge in [0.1, 0.15) is 11.6 Å². The number of nitrogens with zero attached hydrogens (tertiary/aromatic N) is 1. The van der Waals surface area contributed by atoms with E-state index in [-0.39, 0.29) is 0 Å². The Morgan fingerprint density at radius 1 is 1.15 bits per heavy atom. The third-order valence-corrected chi connectivity index (χ3v) is 5.90. The average Bonchev–Trinajstić information content (AvgIpc) is 2.76. The van der Waals surface area contributed by atoms with E-state index >= 15 is 0 Å². The van der Waals surface area contributed by atoms with Crippen molar-refractivity contribution < 1.29 is 27.8 Å². The topological polar surface area (TPSA) is 83.5 Å². The van der Waals surface area contributed by atoms with Crippen LogP contribution in [0.1, 0.15) is 25.8 Å². The number of alkyl halides is 3. The van der Waals surface area contributed by atoms with Crippen molar-refractivity contribution in [2.24, 2.45) is 0 Å². The molecule has 0 aliphatic carbocycles. The smallest absolute Gasteiger partial charge is 0.418 e. The minimum atomic E-state index is -4.92. The summed E-state index contributed by atoms with van der Waals surface area (Å²) in [5.74, 6) is 0.653. The molecule has 0 spiro atoms. The standard InChI is InChI=1S/C24H25ClF3N3O3/c1-22(2,17-9-7-15(25)11-20(17)34-3)12-23(33,24(26,27)28)13-29-18-5-4-6-19-16(18)8-10-21(31-19)30-14-32/h4-11,14,29,33H,12-13H2,1-3H3,(H,30,31,32). The molecule has 0 aliphatic rings. The van der Waals surface area contributed by atoms with Gasteiger partial charge in [-0.15, -0.1) is 0 Å². The third kappa shape index (κ3) is 5.37. The summed E-state index contributed by atoms with van der Waals surface area (Å²) in [7, 11) is 1.41. The lowest BCUT2D eigenvalue weighted by Crippen LogP contribution is -2.53. The van der Waals surface area contributed by atoms with Gasteiger partial charge in [-0.3, -0.25) is 4.79 Å². The zero-order valence-corrected chi connectivity index (χ0v) is 19.6. The molecule has 1 aromatic heterocycles. The van der Waals surface area contributed by atoms with Crippen LogP contribution in [0.4, 0.5) is 24.7 Å². The number of methoxy groups -OCH3 is 1. The number of halogens is 4. The van der Waals surface area contributed by atoms with Crippen molar-refractivity contribution >= 4 is 40.4 Å². The van der Waals surface area contributed by atoms with Crippen LogP contribution < -0.4 is 15.4 Å². The fraction of sp³-hybridized carbons (Fsp3) is 0.333. The van der Waals surface area contributed by atoms with Gasteiger partial charge in [-0.05, 0) is 53.8 Å². The number of carbonyl (C=O) groups is 1. The summed E-state index contributed by atoms with van der Waals surface area (Å²) in [6, 6.07) is 12.8. The number of benzene rings is 2. The largest absolute Gasteiger partial charge is 0.496 e. The number of amides is 1. The fourth-order valence-corrected chi connectivity index (χ4v) is 4.17. The highest BCUT2D eigenvalue weighted by Crippen LogP contribution is 2.44. The molecule has 3 aromatic rings. The molecule has 1 atom stereocenters. The molecular formula is C24H25ClF3N3O3. The summed E-state index contributed by atoms with van der Waals surface area (Å²) in [4.78, 5) is 14.9. The van der Waals surface area contributed by atoms with E-state index in [1.54, 1.807) is 50.2 Å². The molecule has 0 saturated heterocycles. The highest BCUT2D eigenvalue weighted by molar-refractivity contribution is 6.30. The van der Waals surface area contributed by atoms with E-state index in [9.17, 15) is 23.1 Å². The summed E-state index contributed by atoms with van der Waals surface area (Å²) in [5, 5.41) is 17.0. The second kappa shape index (κ2) is 9.68. The summed E-state index contributed by atoms with van der Waals surface area (Å²) < 4.78 is 47.8. The number of aromatic nitrogens is 1. The summed E-state index contributed by atoms with van der Waals surface area (Å²) >= 11 is 6.00. The van der Waals surface area contributed by atoms with Gasteiger partial charge in [0, 0.05) is 16.1 Å². The second-order valence-electron chi connectivity index (χ2n) is 8.62. The Morgan fingerprint density at radius 3 is 2.53 bits per heavy atom. The van der Waals surface area contributed by atoms with Crippen LogP contribution in [0, 0.1) is 0 Å². The Labute approximate surface area is 200 Å². The summed E-state index contributed by atoms with van der Waals surface area (Å²) in [6.07, 6.45) is -5.07. The molecule has 0 bridgehead atoms. The Morgan fingerprint density at radius 2 is 1.88 bits per heavy atom. The number of nitrogens with one attached hydrogen (secondary N) is 2. The van der Waals surface area contributed by atoms with Gasteiger partial charge >= 0.3 is 6.18 Å². The fourth-order valence-electron chi connectivity index (χ4n) is 4.00. The minimum absolute atomic E-state index is 0.310. The van der Waals surface area contributed by atoms with E-state index in [4.69, 9.17) is 16.3 Å². The predicted octanol–water partition coefficient (Wildman–Crippen LogP) is 5.54.